The van der Waals surface area contributed by atoms with Crippen molar-refractivity contribution in [2.45, 2.75) is 155 Å². The lowest BCUT2D eigenvalue weighted by atomic mass is 9.73. The number of carbonyl (C=O) groups excluding carboxylic acids is 5. The lowest BCUT2D eigenvalue weighted by Crippen LogP contribution is -2.61. The third kappa shape index (κ3) is 12.2. The fourth-order valence-electron chi connectivity index (χ4n) is 9.54. The number of ketones is 1. The van der Waals surface area contributed by atoms with Gasteiger partial charge in [-0.25, -0.2) is 24.4 Å². The van der Waals surface area contributed by atoms with Crippen molar-refractivity contribution in [3.63, 3.8) is 0 Å². The highest BCUT2D eigenvalue weighted by Crippen LogP contribution is 2.42. The van der Waals surface area contributed by atoms with Gasteiger partial charge in [-0.05, 0) is 86.5 Å². The van der Waals surface area contributed by atoms with Crippen molar-refractivity contribution >= 4 is 36.2 Å². The van der Waals surface area contributed by atoms with Crippen LogP contribution in [-0.4, -0.2) is 137 Å². The van der Waals surface area contributed by atoms with Gasteiger partial charge in [-0.1, -0.05) is 64.1 Å². The van der Waals surface area contributed by atoms with Crippen LogP contribution in [0.1, 0.15) is 94.1 Å². The van der Waals surface area contributed by atoms with Gasteiger partial charge < -0.3 is 53.8 Å². The smallest absolute Gasteiger partial charge is 0.458 e. The number of hydrogen-bond donors (Lipinski definition) is 3. The van der Waals surface area contributed by atoms with Gasteiger partial charge >= 0.3 is 24.3 Å². The topological polar surface area (TPSA) is 223 Å². The normalized spacial score (nSPS) is 34.4. The maximum atomic E-state index is 14.7. The highest BCUT2D eigenvalue weighted by atomic mass is 16.7. The van der Waals surface area contributed by atoms with E-state index in [0.29, 0.717) is 12.2 Å². The zero-order chi connectivity index (χ0) is 48.7. The molecule has 4 heterocycles. The number of aliphatic hydroxyl groups is 1. The molecule has 1 aromatic carbocycles. The minimum atomic E-state index is -1.78. The molecule has 0 aliphatic carbocycles. The summed E-state index contributed by atoms with van der Waals surface area (Å²) < 4.78 is 42.9. The van der Waals surface area contributed by atoms with Gasteiger partial charge in [-0.2, -0.15) is 0 Å². The third-order valence-electron chi connectivity index (χ3n) is 12.9. The molecule has 18 heteroatoms. The molecule has 3 N–H and O–H groups in total. The summed E-state index contributed by atoms with van der Waals surface area (Å²) in [5, 5.41) is 17.3. The first kappa shape index (κ1) is 51.8. The van der Waals surface area contributed by atoms with Crippen LogP contribution in [0.25, 0.3) is 17.5 Å². The van der Waals surface area contributed by atoms with E-state index in [4.69, 9.17) is 33.2 Å². The lowest BCUT2D eigenvalue weighted by molar-refractivity contribution is -0.298. The largest absolute Gasteiger partial charge is 0.508 e. The van der Waals surface area contributed by atoms with Crippen LogP contribution in [0, 0.1) is 23.7 Å². The maximum Gasteiger partial charge on any atom is 0.508 e. The second-order valence-electron chi connectivity index (χ2n) is 18.8. The maximum absolute atomic E-state index is 14.7. The van der Waals surface area contributed by atoms with Crippen LogP contribution in [0.4, 0.5) is 14.4 Å². The number of esters is 1. The molecule has 66 heavy (non-hydrogen) atoms. The molecule has 1 aromatic heterocycles. The van der Waals surface area contributed by atoms with Gasteiger partial charge in [0.05, 0.1) is 24.2 Å². The van der Waals surface area contributed by atoms with Gasteiger partial charge in [-0.3, -0.25) is 9.59 Å². The van der Waals surface area contributed by atoms with Crippen LogP contribution < -0.4 is 10.6 Å². The number of ether oxygens (including phenoxy) is 7. The van der Waals surface area contributed by atoms with Gasteiger partial charge in [0.25, 0.3) is 0 Å². The van der Waals surface area contributed by atoms with Crippen molar-refractivity contribution in [1.29, 1.82) is 0 Å². The molecule has 364 valence electrons. The molecule has 18 nitrogen and oxygen atoms in total. The Balaban J connectivity index is 1.57. The number of alkyl carbamates (subject to hydrolysis) is 2. The quantitative estimate of drug-likeness (QED) is 0.171. The van der Waals surface area contributed by atoms with Crippen LogP contribution in [0.5, 0.6) is 0 Å². The molecule has 0 bridgehead atoms. The van der Waals surface area contributed by atoms with Crippen LogP contribution in [0.15, 0.2) is 48.8 Å². The molecular weight excluding hydrogens is 855 g/mol. The zero-order valence-electron chi connectivity index (χ0n) is 40.2. The molecule has 3 saturated heterocycles. The first-order valence-corrected chi connectivity index (χ1v) is 22.9. The van der Waals surface area contributed by atoms with E-state index < -0.39 is 114 Å². The van der Waals surface area contributed by atoms with E-state index in [1.54, 1.807) is 79.9 Å². The average molecular weight is 924 g/mol. The Morgan fingerprint density at radius 1 is 1.03 bits per heavy atom. The summed E-state index contributed by atoms with van der Waals surface area (Å²) in [7, 11) is 3.65. The molecule has 5 rings (SSSR count). The Hall–Kier alpha value is -5.17. The number of nitrogens with one attached hydrogen (secondary N) is 2. The molecule has 3 aliphatic rings. The van der Waals surface area contributed by atoms with E-state index in [9.17, 15) is 29.1 Å². The molecule has 3 fully saturated rings. The van der Waals surface area contributed by atoms with Gasteiger partial charge in [0.15, 0.2) is 17.7 Å². The number of carbonyl (C=O) groups is 5. The Kier molecular flexibility index (Phi) is 17.3. The zero-order valence-corrected chi connectivity index (χ0v) is 40.2. The Morgan fingerprint density at radius 2 is 1.70 bits per heavy atom. The third-order valence-corrected chi connectivity index (χ3v) is 12.9. The molecule has 0 radical (unpaired) electrons. The highest BCUT2D eigenvalue weighted by Gasteiger charge is 2.58. The minimum absolute atomic E-state index is 0.0335. The van der Waals surface area contributed by atoms with Crippen molar-refractivity contribution in [1.82, 2.24) is 25.5 Å². The van der Waals surface area contributed by atoms with Crippen molar-refractivity contribution in [2.24, 2.45) is 23.7 Å². The second-order valence-corrected chi connectivity index (χ2v) is 18.8. The summed E-state index contributed by atoms with van der Waals surface area (Å²) in [5.74, 6) is -4.58. The number of rotatable bonds is 11. The standard InChI is InChI=1S/C48H69N5O13/c1-13-35-48(10)39(52-45(58)66-48)29(6)36(54)27(4)25-47(9,65-44(57)51-21-14-16-32-17-19-33(20-18-32)41-49-22-15-23-50-41)40(64-43-37(55)34(53(11)12)24-28(5)61-43)30(7)38(31(8)42(56)62-35)63-46(59)60-26(2)3/h14-20,22-23,26-31,34-35,37-40,43,55H,13,21,24-25H2,1-12H3,(H,51,57)(H,52,58)/t27-,28-,29+,30+,31-,34+,35-,37-,38+,39-,40-,43+,47-,48-/m1/s1. The summed E-state index contributed by atoms with van der Waals surface area (Å²) >= 11 is 0. The van der Waals surface area contributed by atoms with Gasteiger partial charge in [0.1, 0.15) is 35.8 Å². The molecule has 0 unspecified atom stereocenters. The SMILES string of the molecule is CC[C@H]1OC(=O)[C@H](C)[C@@H](OC(=O)OC(C)C)[C@H](C)[C@@H](O[C@@H]2O[C@H](C)C[C@H](N(C)C)[C@H]2O)[C@](C)(OC(=O)NCC=Cc2ccc(-c3ncccn3)cc2)C[C@@H](C)C(=O)[C@H](C)[C@H]2NC(=O)O[C@@]21C. The van der Waals surface area contributed by atoms with E-state index >= 15 is 0 Å². The molecule has 2 aromatic rings. The van der Waals surface area contributed by atoms with Gasteiger partial charge in [0, 0.05) is 48.3 Å². The van der Waals surface area contributed by atoms with Crippen LogP contribution in [-0.2, 0) is 42.7 Å². The molecule has 14 atom stereocenters. The number of benzene rings is 1. The van der Waals surface area contributed by atoms with E-state index in [0.717, 1.165) is 11.1 Å². The van der Waals surface area contributed by atoms with Gasteiger partial charge in [-0.15, -0.1) is 0 Å². The fourth-order valence-corrected chi connectivity index (χ4v) is 9.54. The van der Waals surface area contributed by atoms with E-state index in [-0.39, 0.29) is 25.2 Å². The Morgan fingerprint density at radius 3 is 2.32 bits per heavy atom. The summed E-state index contributed by atoms with van der Waals surface area (Å²) in [6.07, 6.45) is -2.61. The number of likely N-dealkylation sites (N-methyl/N-ethyl adjacent to an activating group) is 1. The number of fused-ring (bicyclic) bond motifs is 1. The molecule has 0 spiro atoms. The van der Waals surface area contributed by atoms with Crippen LogP contribution >= 0.6 is 0 Å². The van der Waals surface area contributed by atoms with Crippen molar-refractivity contribution in [3.05, 3.63) is 54.4 Å². The van der Waals surface area contributed by atoms with Gasteiger partial charge in [0.2, 0.25) is 0 Å². The predicted octanol–water partition coefficient (Wildman–Crippen LogP) is 6.09. The number of hydrogen-bond acceptors (Lipinski definition) is 16. The fraction of sp³-hybridized carbons (Fsp3) is 0.646. The molecule has 0 saturated carbocycles. The highest BCUT2D eigenvalue weighted by molar-refractivity contribution is 5.85. The van der Waals surface area contributed by atoms with Crippen LogP contribution in [0.2, 0.25) is 0 Å². The average Bonchev–Trinajstić information content (AvgIpc) is 3.58. The number of amides is 2. The van der Waals surface area contributed by atoms with Crippen LogP contribution in [0.3, 0.4) is 0 Å². The molecule has 3 aliphatic heterocycles. The summed E-state index contributed by atoms with van der Waals surface area (Å²) in [4.78, 5) is 80.0. The first-order valence-electron chi connectivity index (χ1n) is 22.9. The van der Waals surface area contributed by atoms with Crippen molar-refractivity contribution < 1.29 is 62.2 Å². The number of nitrogens with zero attached hydrogens (tertiary/aromatic N) is 3. The number of Topliss-reactive ketones (excluding diaryl/α,β-unsaturated/α-hetero) is 1. The number of aliphatic hydroxyl groups excluding tert-OH is 1. The predicted molar refractivity (Wildman–Crippen MR) is 241 cm³/mol. The summed E-state index contributed by atoms with van der Waals surface area (Å²) in [6.45, 7) is 16.6. The van der Waals surface area contributed by atoms with E-state index in [1.165, 1.54) is 6.92 Å². The second kappa shape index (κ2) is 22.1. The Labute approximate surface area is 387 Å². The minimum Gasteiger partial charge on any atom is -0.458 e. The lowest BCUT2D eigenvalue weighted by Gasteiger charge is -2.48. The van der Waals surface area contributed by atoms with E-state index in [1.807, 2.05) is 56.3 Å². The Bertz CT molecular complexity index is 2020. The van der Waals surface area contributed by atoms with Crippen molar-refractivity contribution in [3.8, 4) is 11.4 Å². The monoisotopic (exact) mass is 923 g/mol. The van der Waals surface area contributed by atoms with E-state index in [2.05, 4.69) is 20.6 Å². The molecule has 2 amide bonds. The first-order chi connectivity index (χ1) is 31.1. The summed E-state index contributed by atoms with van der Waals surface area (Å²) in [5.41, 5.74) is -1.57. The summed E-state index contributed by atoms with van der Waals surface area (Å²) in [6, 6.07) is 7.96. The number of aromatic nitrogens is 2. The van der Waals surface area contributed by atoms with Crippen molar-refractivity contribution in [2.75, 3.05) is 20.6 Å². The molecular formula is C48H69N5O13. The number of cyclic esters (lactones) is 1.